The third-order valence-corrected chi connectivity index (χ3v) is 3.56. The number of rotatable bonds is 4. The number of halogens is 1. The average molecular weight is 279 g/mol. The van der Waals surface area contributed by atoms with Crippen LogP contribution in [0.25, 0.3) is 0 Å². The number of benzene rings is 1. The predicted octanol–water partition coefficient (Wildman–Crippen LogP) is 2.30. The van der Waals surface area contributed by atoms with Crippen LogP contribution >= 0.6 is 0 Å². The molecule has 1 atom stereocenters. The SMILES string of the molecule is COC(=O)C(C)N(C(=O)c1cc(F)ccc1C)C1CC1. The molecule has 2 rings (SSSR count). The summed E-state index contributed by atoms with van der Waals surface area (Å²) < 4.78 is 18.1. The summed E-state index contributed by atoms with van der Waals surface area (Å²) in [6.07, 6.45) is 1.73. The van der Waals surface area contributed by atoms with Gasteiger partial charge < -0.3 is 9.64 Å². The summed E-state index contributed by atoms with van der Waals surface area (Å²) in [5.74, 6) is -1.23. The summed E-state index contributed by atoms with van der Waals surface area (Å²) in [7, 11) is 1.29. The number of esters is 1. The van der Waals surface area contributed by atoms with Crippen molar-refractivity contribution in [2.24, 2.45) is 0 Å². The van der Waals surface area contributed by atoms with Crippen LogP contribution in [0.15, 0.2) is 18.2 Å². The van der Waals surface area contributed by atoms with E-state index < -0.39 is 17.8 Å². The second kappa shape index (κ2) is 5.61. The molecule has 0 bridgehead atoms. The lowest BCUT2D eigenvalue weighted by Crippen LogP contribution is -2.45. The van der Waals surface area contributed by atoms with Crippen molar-refractivity contribution in [3.63, 3.8) is 0 Å². The Kier molecular flexibility index (Phi) is 4.06. The number of hydrogen-bond donors (Lipinski definition) is 0. The number of carbonyl (C=O) groups is 2. The van der Waals surface area contributed by atoms with Crippen LogP contribution in [0, 0.1) is 12.7 Å². The highest BCUT2D eigenvalue weighted by atomic mass is 19.1. The van der Waals surface area contributed by atoms with Gasteiger partial charge in [0.25, 0.3) is 5.91 Å². The monoisotopic (exact) mass is 279 g/mol. The van der Waals surface area contributed by atoms with Crippen molar-refractivity contribution in [1.82, 2.24) is 4.90 Å². The Morgan fingerprint density at radius 1 is 1.40 bits per heavy atom. The maximum absolute atomic E-state index is 13.4. The molecule has 108 valence electrons. The molecule has 1 unspecified atom stereocenters. The van der Waals surface area contributed by atoms with Crippen molar-refractivity contribution < 1.29 is 18.7 Å². The van der Waals surface area contributed by atoms with Crippen LogP contribution in [0.3, 0.4) is 0 Å². The third kappa shape index (κ3) is 2.81. The minimum atomic E-state index is -0.664. The molecule has 1 saturated carbocycles. The second-order valence-corrected chi connectivity index (χ2v) is 5.10. The molecule has 1 aliphatic rings. The summed E-state index contributed by atoms with van der Waals surface area (Å²) in [5.41, 5.74) is 0.992. The van der Waals surface area contributed by atoms with Gasteiger partial charge in [-0.3, -0.25) is 4.79 Å². The molecule has 1 amide bonds. The Balaban J connectivity index is 2.32. The summed E-state index contributed by atoms with van der Waals surface area (Å²) in [5, 5.41) is 0. The fourth-order valence-corrected chi connectivity index (χ4v) is 2.26. The topological polar surface area (TPSA) is 46.6 Å². The molecule has 4 nitrogen and oxygen atoms in total. The van der Waals surface area contributed by atoms with Crippen LogP contribution in [0.4, 0.5) is 4.39 Å². The van der Waals surface area contributed by atoms with Gasteiger partial charge in [0.05, 0.1) is 7.11 Å². The number of nitrogens with zero attached hydrogens (tertiary/aromatic N) is 1. The lowest BCUT2D eigenvalue weighted by Gasteiger charge is -2.28. The Bertz CT molecular complexity index is 540. The van der Waals surface area contributed by atoms with Crippen molar-refractivity contribution in [3.05, 3.63) is 35.1 Å². The second-order valence-electron chi connectivity index (χ2n) is 5.10. The molecule has 0 aromatic heterocycles. The first-order valence-corrected chi connectivity index (χ1v) is 6.62. The van der Waals surface area contributed by atoms with Gasteiger partial charge in [-0.1, -0.05) is 6.07 Å². The quantitative estimate of drug-likeness (QED) is 0.794. The molecule has 1 fully saturated rings. The molecule has 0 heterocycles. The lowest BCUT2D eigenvalue weighted by atomic mass is 10.1. The highest BCUT2D eigenvalue weighted by Crippen LogP contribution is 2.31. The van der Waals surface area contributed by atoms with Gasteiger partial charge in [0.1, 0.15) is 11.9 Å². The van der Waals surface area contributed by atoms with E-state index in [0.717, 1.165) is 12.8 Å². The molecule has 5 heteroatoms. The number of amides is 1. The molecular weight excluding hydrogens is 261 g/mol. The fourth-order valence-electron chi connectivity index (χ4n) is 2.26. The van der Waals surface area contributed by atoms with Gasteiger partial charge in [-0.2, -0.15) is 0 Å². The van der Waals surface area contributed by atoms with E-state index in [1.165, 1.54) is 24.1 Å². The van der Waals surface area contributed by atoms with E-state index in [2.05, 4.69) is 0 Å². The van der Waals surface area contributed by atoms with Gasteiger partial charge >= 0.3 is 5.97 Å². The molecule has 0 aliphatic heterocycles. The van der Waals surface area contributed by atoms with Crippen LogP contribution in [-0.2, 0) is 9.53 Å². The molecule has 20 heavy (non-hydrogen) atoms. The first-order valence-electron chi connectivity index (χ1n) is 6.62. The summed E-state index contributed by atoms with van der Waals surface area (Å²) in [4.78, 5) is 25.8. The number of methoxy groups -OCH3 is 1. The van der Waals surface area contributed by atoms with Gasteiger partial charge in [-0.15, -0.1) is 0 Å². The molecule has 1 aromatic rings. The zero-order chi connectivity index (χ0) is 14.9. The van der Waals surface area contributed by atoms with Gasteiger partial charge in [0, 0.05) is 11.6 Å². The predicted molar refractivity (Wildman–Crippen MR) is 71.8 cm³/mol. The number of hydrogen-bond acceptors (Lipinski definition) is 3. The van der Waals surface area contributed by atoms with Crippen LogP contribution in [0.5, 0.6) is 0 Å². The number of aryl methyl sites for hydroxylation is 1. The van der Waals surface area contributed by atoms with E-state index in [-0.39, 0.29) is 11.9 Å². The van der Waals surface area contributed by atoms with E-state index >= 15 is 0 Å². The molecule has 0 radical (unpaired) electrons. The van der Waals surface area contributed by atoms with Crippen molar-refractivity contribution in [1.29, 1.82) is 0 Å². The van der Waals surface area contributed by atoms with Crippen molar-refractivity contribution >= 4 is 11.9 Å². The van der Waals surface area contributed by atoms with E-state index in [9.17, 15) is 14.0 Å². The number of ether oxygens (including phenoxy) is 1. The average Bonchev–Trinajstić information content (AvgIpc) is 3.25. The smallest absolute Gasteiger partial charge is 0.328 e. The molecule has 0 spiro atoms. The van der Waals surface area contributed by atoms with E-state index in [0.29, 0.717) is 11.1 Å². The van der Waals surface area contributed by atoms with Crippen LogP contribution in [0.1, 0.15) is 35.7 Å². The fraction of sp³-hybridized carbons (Fsp3) is 0.467. The molecular formula is C15H18FNO3. The molecule has 1 aromatic carbocycles. The summed E-state index contributed by atoms with van der Waals surface area (Å²) in [6, 6.07) is 3.48. The highest BCUT2D eigenvalue weighted by molar-refractivity contribution is 5.98. The maximum atomic E-state index is 13.4. The minimum Gasteiger partial charge on any atom is -0.467 e. The largest absolute Gasteiger partial charge is 0.467 e. The Hall–Kier alpha value is -1.91. The Labute approximate surface area is 117 Å². The van der Waals surface area contributed by atoms with E-state index in [1.807, 2.05) is 0 Å². The normalized spacial score (nSPS) is 15.6. The van der Waals surface area contributed by atoms with Gasteiger partial charge in [0.15, 0.2) is 0 Å². The first-order chi connectivity index (χ1) is 9.45. The van der Waals surface area contributed by atoms with Crippen molar-refractivity contribution in [3.8, 4) is 0 Å². The van der Waals surface area contributed by atoms with E-state index in [1.54, 1.807) is 19.9 Å². The van der Waals surface area contributed by atoms with Crippen LogP contribution in [0.2, 0.25) is 0 Å². The minimum absolute atomic E-state index is 0.0410. The maximum Gasteiger partial charge on any atom is 0.328 e. The van der Waals surface area contributed by atoms with Crippen LogP contribution in [-0.4, -0.2) is 36.0 Å². The van der Waals surface area contributed by atoms with Crippen LogP contribution < -0.4 is 0 Å². The zero-order valence-electron chi connectivity index (χ0n) is 11.9. The van der Waals surface area contributed by atoms with Gasteiger partial charge in [0.2, 0.25) is 0 Å². The van der Waals surface area contributed by atoms with Gasteiger partial charge in [-0.05, 0) is 44.4 Å². The summed E-state index contributed by atoms with van der Waals surface area (Å²) in [6.45, 7) is 3.39. The highest BCUT2D eigenvalue weighted by Gasteiger charge is 2.39. The molecule has 0 saturated heterocycles. The summed E-state index contributed by atoms with van der Waals surface area (Å²) >= 11 is 0. The first kappa shape index (κ1) is 14.5. The lowest BCUT2D eigenvalue weighted by molar-refractivity contribution is -0.145. The van der Waals surface area contributed by atoms with E-state index in [4.69, 9.17) is 4.74 Å². The Morgan fingerprint density at radius 3 is 2.60 bits per heavy atom. The molecule has 0 N–H and O–H groups in total. The third-order valence-electron chi connectivity index (χ3n) is 3.56. The van der Waals surface area contributed by atoms with Gasteiger partial charge in [-0.25, -0.2) is 9.18 Å². The van der Waals surface area contributed by atoms with Crippen molar-refractivity contribution in [2.75, 3.05) is 7.11 Å². The standard InChI is InChI=1S/C15H18FNO3/c1-9-4-5-11(16)8-13(9)14(18)17(12-6-7-12)10(2)15(19)20-3/h4-5,8,10,12H,6-7H2,1-3H3. The van der Waals surface area contributed by atoms with Crippen molar-refractivity contribution in [2.45, 2.75) is 38.8 Å². The number of carbonyl (C=O) groups excluding carboxylic acids is 2. The Morgan fingerprint density at radius 2 is 2.05 bits per heavy atom. The zero-order valence-corrected chi connectivity index (χ0v) is 11.9. The molecule has 1 aliphatic carbocycles.